The van der Waals surface area contributed by atoms with Gasteiger partial charge in [-0.1, -0.05) is 0 Å². The van der Waals surface area contributed by atoms with E-state index >= 15 is 0 Å². The van der Waals surface area contributed by atoms with Gasteiger partial charge in [0.2, 0.25) is 0 Å². The summed E-state index contributed by atoms with van der Waals surface area (Å²) < 4.78 is 53.4. The summed E-state index contributed by atoms with van der Waals surface area (Å²) in [4.78, 5) is 8.24. The van der Waals surface area contributed by atoms with Crippen molar-refractivity contribution in [3.05, 3.63) is 48.3 Å². The average molecular weight is 376 g/mol. The number of fused-ring (bicyclic) bond motifs is 1. The Labute approximate surface area is 149 Å². The molecule has 4 rings (SSSR count). The molecular weight excluding hydrogens is 364 g/mol. The Morgan fingerprint density at radius 3 is 2.63 bits per heavy atom. The van der Waals surface area contributed by atoms with Crippen molar-refractivity contribution in [2.24, 2.45) is 0 Å². The minimum absolute atomic E-state index is 0.145. The van der Waals surface area contributed by atoms with Gasteiger partial charge in [-0.25, -0.2) is 27.2 Å². The minimum Gasteiger partial charge on any atom is -0.261 e. The lowest BCUT2D eigenvalue weighted by Gasteiger charge is -2.06. The smallest absolute Gasteiger partial charge is 0.261 e. The van der Waals surface area contributed by atoms with Crippen LogP contribution in [0.3, 0.4) is 0 Å². The molecule has 138 valence electrons. The van der Waals surface area contributed by atoms with E-state index in [9.17, 15) is 17.6 Å². The van der Waals surface area contributed by atoms with E-state index in [1.54, 1.807) is 13.0 Å². The molecule has 0 spiro atoms. The van der Waals surface area contributed by atoms with Crippen molar-refractivity contribution >= 4 is 11.0 Å². The Kier molecular flexibility index (Phi) is 4.09. The number of aromatic amines is 1. The van der Waals surface area contributed by atoms with Crippen LogP contribution in [-0.2, 0) is 0 Å². The molecule has 1 N–H and O–H groups in total. The molecule has 1 unspecified atom stereocenters. The zero-order valence-electron chi connectivity index (χ0n) is 13.9. The first-order valence-electron chi connectivity index (χ1n) is 7.88. The van der Waals surface area contributed by atoms with E-state index in [-0.39, 0.29) is 11.4 Å². The van der Waals surface area contributed by atoms with Crippen LogP contribution in [0, 0.1) is 12.7 Å². The van der Waals surface area contributed by atoms with Gasteiger partial charge >= 0.3 is 0 Å². The fourth-order valence-electron chi connectivity index (χ4n) is 2.82. The number of hydrogen-bond donors (Lipinski definition) is 1. The highest BCUT2D eigenvalue weighted by Crippen LogP contribution is 2.36. The van der Waals surface area contributed by atoms with E-state index in [4.69, 9.17) is 0 Å². The van der Waals surface area contributed by atoms with Crippen molar-refractivity contribution in [3.8, 4) is 22.5 Å². The zero-order chi connectivity index (χ0) is 19.1. The average Bonchev–Trinajstić information content (AvgIpc) is 3.27. The third-order valence-electron chi connectivity index (χ3n) is 4.00. The Morgan fingerprint density at radius 2 is 1.93 bits per heavy atom. The van der Waals surface area contributed by atoms with Crippen molar-refractivity contribution in [1.29, 1.82) is 0 Å². The number of rotatable bonds is 4. The number of nitrogens with zero attached hydrogens (tertiary/aromatic N) is 5. The standard InChI is InChI=1S/C17H12F4N6/c1-8-4-10(11-6-23-25-17(11)24-8)12-7-27(16(21)15(19)20)26-14(12)13-3-2-9(18)5-22-13/h2-7,15-16H,1H3,(H,23,24,25). The molecule has 27 heavy (non-hydrogen) atoms. The minimum atomic E-state index is -3.25. The van der Waals surface area contributed by atoms with E-state index in [2.05, 4.69) is 25.3 Å². The maximum Gasteiger partial charge on any atom is 0.289 e. The third-order valence-corrected chi connectivity index (χ3v) is 4.00. The number of alkyl halides is 3. The van der Waals surface area contributed by atoms with E-state index in [0.29, 0.717) is 32.5 Å². The topological polar surface area (TPSA) is 72.3 Å². The summed E-state index contributed by atoms with van der Waals surface area (Å²) in [5.41, 5.74) is 2.41. The van der Waals surface area contributed by atoms with Crippen molar-refractivity contribution < 1.29 is 17.6 Å². The summed E-state index contributed by atoms with van der Waals surface area (Å²) in [6, 6.07) is 4.22. The number of halogens is 4. The lowest BCUT2D eigenvalue weighted by atomic mass is 10.0. The molecule has 0 bridgehead atoms. The lowest BCUT2D eigenvalue weighted by Crippen LogP contribution is -2.12. The first-order valence-corrected chi connectivity index (χ1v) is 7.88. The molecule has 0 aliphatic heterocycles. The van der Waals surface area contributed by atoms with Crippen molar-refractivity contribution in [2.45, 2.75) is 19.6 Å². The second kappa shape index (κ2) is 6.45. The van der Waals surface area contributed by atoms with Crippen molar-refractivity contribution in [3.63, 3.8) is 0 Å². The molecule has 0 aliphatic carbocycles. The molecule has 0 fully saturated rings. The van der Waals surface area contributed by atoms with Crippen LogP contribution in [-0.4, -0.2) is 36.4 Å². The van der Waals surface area contributed by atoms with Crippen LogP contribution in [0.4, 0.5) is 17.6 Å². The number of pyridine rings is 2. The van der Waals surface area contributed by atoms with Crippen LogP contribution < -0.4 is 0 Å². The van der Waals surface area contributed by atoms with Gasteiger partial charge in [-0.05, 0) is 30.7 Å². The van der Waals surface area contributed by atoms with E-state index in [1.807, 2.05) is 0 Å². The Morgan fingerprint density at radius 1 is 1.11 bits per heavy atom. The SMILES string of the molecule is Cc1cc(-c2cn(C(F)C(F)F)nc2-c2ccc(F)cn2)c2cn[nH]c2n1. The van der Waals surface area contributed by atoms with E-state index in [1.165, 1.54) is 18.5 Å². The predicted molar refractivity (Wildman–Crippen MR) is 89.2 cm³/mol. The molecule has 4 aromatic rings. The highest BCUT2D eigenvalue weighted by atomic mass is 19.3. The van der Waals surface area contributed by atoms with Crippen LogP contribution in [0.1, 0.15) is 12.0 Å². The quantitative estimate of drug-likeness (QED) is 0.545. The van der Waals surface area contributed by atoms with Crippen LogP contribution >= 0.6 is 0 Å². The highest BCUT2D eigenvalue weighted by molar-refractivity contribution is 5.96. The summed E-state index contributed by atoms with van der Waals surface area (Å²) in [5.74, 6) is -0.562. The zero-order valence-corrected chi connectivity index (χ0v) is 13.9. The number of aromatic nitrogens is 6. The third kappa shape index (κ3) is 3.03. The van der Waals surface area contributed by atoms with Gasteiger partial charge in [-0.3, -0.25) is 10.1 Å². The van der Waals surface area contributed by atoms with Gasteiger partial charge in [-0.2, -0.15) is 10.2 Å². The van der Waals surface area contributed by atoms with E-state index < -0.39 is 18.5 Å². The predicted octanol–water partition coefficient (Wildman–Crippen LogP) is 4.06. The first-order chi connectivity index (χ1) is 12.9. The largest absolute Gasteiger partial charge is 0.289 e. The summed E-state index contributed by atoms with van der Waals surface area (Å²) in [5, 5.41) is 11.2. The monoisotopic (exact) mass is 376 g/mol. The molecule has 0 aromatic carbocycles. The maximum atomic E-state index is 13.9. The second-order valence-corrected chi connectivity index (χ2v) is 5.88. The molecule has 0 saturated carbocycles. The Bertz CT molecular complexity index is 1100. The fraction of sp³-hybridized carbons (Fsp3) is 0.176. The van der Waals surface area contributed by atoms with Gasteiger partial charge in [0, 0.05) is 22.8 Å². The lowest BCUT2D eigenvalue weighted by molar-refractivity contribution is 0.000921. The molecule has 4 aromatic heterocycles. The van der Waals surface area contributed by atoms with Gasteiger partial charge in [-0.15, -0.1) is 0 Å². The number of H-pyrrole nitrogens is 1. The van der Waals surface area contributed by atoms with Crippen LogP contribution in [0.2, 0.25) is 0 Å². The molecule has 0 amide bonds. The second-order valence-electron chi connectivity index (χ2n) is 5.88. The molecule has 0 radical (unpaired) electrons. The van der Waals surface area contributed by atoms with Crippen LogP contribution in [0.15, 0.2) is 36.8 Å². The van der Waals surface area contributed by atoms with Gasteiger partial charge in [0.25, 0.3) is 12.7 Å². The molecule has 1 atom stereocenters. The van der Waals surface area contributed by atoms with Gasteiger partial charge in [0.15, 0.2) is 5.65 Å². The van der Waals surface area contributed by atoms with Gasteiger partial charge in [0.1, 0.15) is 11.5 Å². The van der Waals surface area contributed by atoms with Gasteiger partial charge in [0.05, 0.1) is 18.1 Å². The Hall–Kier alpha value is -3.30. The van der Waals surface area contributed by atoms with Crippen LogP contribution in [0.5, 0.6) is 0 Å². The number of nitrogens with one attached hydrogen (secondary N) is 1. The Balaban J connectivity index is 1.97. The van der Waals surface area contributed by atoms with Crippen molar-refractivity contribution in [2.75, 3.05) is 0 Å². The summed E-state index contributed by atoms with van der Waals surface area (Å²) in [7, 11) is 0. The molecule has 10 heteroatoms. The molecule has 4 heterocycles. The molecule has 6 nitrogen and oxygen atoms in total. The maximum absolute atomic E-state index is 13.9. The number of aryl methyl sites for hydroxylation is 1. The van der Waals surface area contributed by atoms with Gasteiger partial charge < -0.3 is 0 Å². The first kappa shape index (κ1) is 17.1. The summed E-state index contributed by atoms with van der Waals surface area (Å²) >= 11 is 0. The molecular formula is C17H12F4N6. The van der Waals surface area contributed by atoms with Crippen LogP contribution in [0.25, 0.3) is 33.5 Å². The summed E-state index contributed by atoms with van der Waals surface area (Å²) in [6.45, 7) is 1.75. The van der Waals surface area contributed by atoms with Crippen molar-refractivity contribution in [1.82, 2.24) is 29.9 Å². The summed E-state index contributed by atoms with van der Waals surface area (Å²) in [6.07, 6.45) is -2.20. The normalized spacial score (nSPS) is 12.8. The number of hydrogen-bond acceptors (Lipinski definition) is 4. The fourth-order valence-corrected chi connectivity index (χ4v) is 2.82. The van der Waals surface area contributed by atoms with E-state index in [0.717, 1.165) is 12.3 Å². The molecule has 0 saturated heterocycles. The highest BCUT2D eigenvalue weighted by Gasteiger charge is 2.26. The molecule has 0 aliphatic rings.